The van der Waals surface area contributed by atoms with Crippen LogP contribution in [0.4, 0.5) is 11.4 Å². The molecular weight excluding hydrogens is 433 g/mol. The minimum Gasteiger partial charge on any atom is -0.322 e. The van der Waals surface area contributed by atoms with Crippen molar-refractivity contribution >= 4 is 50.5 Å². The smallest absolute Gasteiger partial charge is 0.265 e. The molecule has 0 spiro atoms. The summed E-state index contributed by atoms with van der Waals surface area (Å²) < 4.78 is 27.7. The van der Waals surface area contributed by atoms with Crippen molar-refractivity contribution in [2.24, 2.45) is 0 Å². The van der Waals surface area contributed by atoms with Gasteiger partial charge in [0.1, 0.15) is 10.0 Å². The van der Waals surface area contributed by atoms with E-state index in [4.69, 9.17) is 23.2 Å². The zero-order valence-electron chi connectivity index (χ0n) is 15.3. The molecular formula is C20H17Cl2N3O3S. The van der Waals surface area contributed by atoms with Gasteiger partial charge < -0.3 is 5.32 Å². The van der Waals surface area contributed by atoms with Gasteiger partial charge in [0.2, 0.25) is 0 Å². The van der Waals surface area contributed by atoms with Crippen molar-refractivity contribution in [3.05, 3.63) is 82.6 Å². The molecule has 1 aromatic heterocycles. The van der Waals surface area contributed by atoms with E-state index in [1.165, 1.54) is 40.8 Å². The fourth-order valence-electron chi connectivity index (χ4n) is 2.73. The van der Waals surface area contributed by atoms with Crippen LogP contribution in [0.15, 0.2) is 71.8 Å². The SMILES string of the molecule is CCN(c1ccccc1)S(=O)(=O)c1cc(NC(=O)c2ccnc(Cl)c2)ccc1Cl. The largest absolute Gasteiger partial charge is 0.322 e. The Kier molecular flexibility index (Phi) is 6.42. The Morgan fingerprint density at radius 2 is 1.79 bits per heavy atom. The first-order chi connectivity index (χ1) is 13.8. The Morgan fingerprint density at radius 1 is 1.07 bits per heavy atom. The number of amides is 1. The molecule has 0 saturated carbocycles. The molecule has 2 aromatic carbocycles. The normalized spacial score (nSPS) is 11.1. The van der Waals surface area contributed by atoms with Crippen molar-refractivity contribution in [1.29, 1.82) is 0 Å². The lowest BCUT2D eigenvalue weighted by Crippen LogP contribution is -2.31. The quantitative estimate of drug-likeness (QED) is 0.545. The molecule has 0 aliphatic rings. The molecule has 1 N–H and O–H groups in total. The van der Waals surface area contributed by atoms with Gasteiger partial charge in [-0.15, -0.1) is 0 Å². The molecule has 0 bridgehead atoms. The number of pyridine rings is 1. The topological polar surface area (TPSA) is 79.4 Å². The predicted molar refractivity (Wildman–Crippen MR) is 115 cm³/mol. The molecule has 0 fully saturated rings. The van der Waals surface area contributed by atoms with Crippen LogP contribution in [0.1, 0.15) is 17.3 Å². The van der Waals surface area contributed by atoms with E-state index in [9.17, 15) is 13.2 Å². The summed E-state index contributed by atoms with van der Waals surface area (Å²) in [6.07, 6.45) is 1.41. The first kappa shape index (κ1) is 21.1. The number of hydrogen-bond donors (Lipinski definition) is 1. The van der Waals surface area contributed by atoms with Gasteiger partial charge in [-0.3, -0.25) is 9.10 Å². The highest BCUT2D eigenvalue weighted by atomic mass is 35.5. The van der Waals surface area contributed by atoms with Crippen LogP contribution in [0.3, 0.4) is 0 Å². The van der Waals surface area contributed by atoms with E-state index in [-0.39, 0.29) is 27.3 Å². The van der Waals surface area contributed by atoms with Gasteiger partial charge in [0.25, 0.3) is 15.9 Å². The lowest BCUT2D eigenvalue weighted by atomic mass is 10.2. The first-order valence-electron chi connectivity index (χ1n) is 8.63. The van der Waals surface area contributed by atoms with Crippen LogP contribution < -0.4 is 9.62 Å². The van der Waals surface area contributed by atoms with E-state index in [1.54, 1.807) is 37.3 Å². The molecule has 0 aliphatic carbocycles. The highest BCUT2D eigenvalue weighted by Gasteiger charge is 2.26. The number of rotatable bonds is 6. The summed E-state index contributed by atoms with van der Waals surface area (Å²) in [4.78, 5) is 16.2. The third-order valence-corrected chi connectivity index (χ3v) is 6.67. The molecule has 9 heteroatoms. The second-order valence-corrected chi connectivity index (χ2v) is 8.60. The molecule has 29 heavy (non-hydrogen) atoms. The zero-order chi connectivity index (χ0) is 21.0. The number of nitrogens with one attached hydrogen (secondary N) is 1. The number of halogens is 2. The minimum absolute atomic E-state index is 0.0596. The van der Waals surface area contributed by atoms with Gasteiger partial charge in [0.15, 0.2) is 0 Å². The van der Waals surface area contributed by atoms with Crippen molar-refractivity contribution in [3.8, 4) is 0 Å². The zero-order valence-corrected chi connectivity index (χ0v) is 17.7. The molecule has 0 saturated heterocycles. The Labute approximate surface area is 179 Å². The molecule has 0 unspecified atom stereocenters. The standard InChI is InChI=1S/C20H17Cl2N3O3S/c1-2-25(16-6-4-3-5-7-16)29(27,28)18-13-15(8-9-17(18)21)24-20(26)14-10-11-23-19(22)12-14/h3-13H,2H2,1H3,(H,24,26). The van der Waals surface area contributed by atoms with Crippen LogP contribution in [0.5, 0.6) is 0 Å². The number of carbonyl (C=O) groups excluding carboxylic acids is 1. The Bertz CT molecular complexity index is 1140. The molecule has 0 aliphatic heterocycles. The van der Waals surface area contributed by atoms with E-state index in [0.29, 0.717) is 11.3 Å². The van der Waals surface area contributed by atoms with E-state index in [1.807, 2.05) is 0 Å². The van der Waals surface area contributed by atoms with Crippen molar-refractivity contribution in [2.45, 2.75) is 11.8 Å². The molecule has 1 heterocycles. The number of hydrogen-bond acceptors (Lipinski definition) is 4. The molecule has 3 rings (SSSR count). The second-order valence-electron chi connectivity index (χ2n) is 5.97. The summed E-state index contributed by atoms with van der Waals surface area (Å²) in [5.74, 6) is -0.449. The van der Waals surface area contributed by atoms with Gasteiger partial charge >= 0.3 is 0 Å². The van der Waals surface area contributed by atoms with Crippen molar-refractivity contribution in [1.82, 2.24) is 4.98 Å². The monoisotopic (exact) mass is 449 g/mol. The molecule has 6 nitrogen and oxygen atoms in total. The van der Waals surface area contributed by atoms with Crippen molar-refractivity contribution < 1.29 is 13.2 Å². The predicted octanol–water partition coefficient (Wildman–Crippen LogP) is 4.86. The van der Waals surface area contributed by atoms with Crippen molar-refractivity contribution in [3.63, 3.8) is 0 Å². The Hall–Kier alpha value is -2.61. The van der Waals surface area contributed by atoms with Gasteiger partial charge in [-0.25, -0.2) is 13.4 Å². The molecule has 1 amide bonds. The summed E-state index contributed by atoms with van der Waals surface area (Å²) in [5.41, 5.74) is 1.10. The molecule has 150 valence electrons. The fraction of sp³-hybridized carbons (Fsp3) is 0.100. The number of benzene rings is 2. The van der Waals surface area contributed by atoms with Crippen molar-refractivity contribution in [2.75, 3.05) is 16.2 Å². The van der Waals surface area contributed by atoms with Crippen LogP contribution in [-0.2, 0) is 10.0 Å². The maximum atomic E-state index is 13.2. The van der Waals surface area contributed by atoms with Gasteiger partial charge in [-0.2, -0.15) is 0 Å². The fourth-order valence-corrected chi connectivity index (χ4v) is 4.88. The maximum absolute atomic E-state index is 13.2. The Balaban J connectivity index is 1.95. The number of nitrogens with zero attached hydrogens (tertiary/aromatic N) is 2. The average molecular weight is 450 g/mol. The van der Waals surface area contributed by atoms with Gasteiger partial charge in [0, 0.05) is 24.0 Å². The van der Waals surface area contributed by atoms with Gasteiger partial charge in [-0.05, 0) is 49.4 Å². The highest BCUT2D eigenvalue weighted by molar-refractivity contribution is 7.93. The van der Waals surface area contributed by atoms with Crippen LogP contribution in [0.2, 0.25) is 10.2 Å². The van der Waals surface area contributed by atoms with E-state index < -0.39 is 15.9 Å². The number of carbonyl (C=O) groups is 1. The molecule has 0 atom stereocenters. The van der Waals surface area contributed by atoms with Crippen LogP contribution in [0, 0.1) is 0 Å². The Morgan fingerprint density at radius 3 is 2.45 bits per heavy atom. The molecule has 0 radical (unpaired) electrons. The van der Waals surface area contributed by atoms with Gasteiger partial charge in [0.05, 0.1) is 10.7 Å². The number of sulfonamides is 1. The lowest BCUT2D eigenvalue weighted by molar-refractivity contribution is 0.102. The summed E-state index contributed by atoms with van der Waals surface area (Å²) in [6, 6.07) is 15.9. The summed E-state index contributed by atoms with van der Waals surface area (Å²) >= 11 is 12.0. The highest BCUT2D eigenvalue weighted by Crippen LogP contribution is 2.30. The third kappa shape index (κ3) is 4.70. The van der Waals surface area contributed by atoms with Crippen LogP contribution in [0.25, 0.3) is 0 Å². The summed E-state index contributed by atoms with van der Waals surface area (Å²) in [6.45, 7) is 1.95. The van der Waals surface area contributed by atoms with E-state index in [0.717, 1.165) is 0 Å². The average Bonchev–Trinajstić information content (AvgIpc) is 2.70. The van der Waals surface area contributed by atoms with E-state index >= 15 is 0 Å². The molecule has 3 aromatic rings. The van der Waals surface area contributed by atoms with Crippen LogP contribution >= 0.6 is 23.2 Å². The van der Waals surface area contributed by atoms with Crippen LogP contribution in [-0.4, -0.2) is 25.9 Å². The number of aromatic nitrogens is 1. The minimum atomic E-state index is -3.95. The third-order valence-electron chi connectivity index (χ3n) is 4.08. The lowest BCUT2D eigenvalue weighted by Gasteiger charge is -2.23. The number of anilines is 2. The first-order valence-corrected chi connectivity index (χ1v) is 10.8. The number of para-hydroxylation sites is 1. The summed E-state index contributed by atoms with van der Waals surface area (Å²) in [5, 5.41) is 2.89. The second kappa shape index (κ2) is 8.82. The van der Waals surface area contributed by atoms with E-state index in [2.05, 4.69) is 10.3 Å². The maximum Gasteiger partial charge on any atom is 0.265 e. The summed E-state index contributed by atoms with van der Waals surface area (Å²) in [7, 11) is -3.95. The van der Waals surface area contributed by atoms with Gasteiger partial charge in [-0.1, -0.05) is 41.4 Å².